The van der Waals surface area contributed by atoms with Gasteiger partial charge in [0.15, 0.2) is 0 Å². The number of benzene rings is 1. The number of amides is 1. The molecular formula is C16H20N4OS. The van der Waals surface area contributed by atoms with Gasteiger partial charge < -0.3 is 10.2 Å². The van der Waals surface area contributed by atoms with E-state index in [-0.39, 0.29) is 11.9 Å². The Morgan fingerprint density at radius 1 is 1.27 bits per heavy atom. The van der Waals surface area contributed by atoms with Crippen LogP contribution in [0.4, 0.5) is 11.4 Å². The molecule has 2 heterocycles. The Balaban J connectivity index is 1.62. The van der Waals surface area contributed by atoms with E-state index < -0.39 is 0 Å². The van der Waals surface area contributed by atoms with Crippen LogP contribution in [0, 0.1) is 0 Å². The Hall–Kier alpha value is -1.95. The first-order valence-electron chi connectivity index (χ1n) is 7.47. The summed E-state index contributed by atoms with van der Waals surface area (Å²) < 4.78 is 1.65. The van der Waals surface area contributed by atoms with Gasteiger partial charge in [0, 0.05) is 48.4 Å². The molecule has 22 heavy (non-hydrogen) atoms. The van der Waals surface area contributed by atoms with Crippen molar-refractivity contribution in [2.24, 2.45) is 0 Å². The summed E-state index contributed by atoms with van der Waals surface area (Å²) >= 11 is 2.00. The molecule has 0 aliphatic carbocycles. The van der Waals surface area contributed by atoms with E-state index in [1.165, 1.54) is 17.2 Å². The average molecular weight is 316 g/mol. The van der Waals surface area contributed by atoms with Crippen molar-refractivity contribution in [2.45, 2.75) is 13.0 Å². The third-order valence-corrected chi connectivity index (χ3v) is 4.75. The van der Waals surface area contributed by atoms with Gasteiger partial charge in [-0.05, 0) is 37.3 Å². The predicted molar refractivity (Wildman–Crippen MR) is 91.5 cm³/mol. The number of rotatable bonds is 4. The molecule has 0 unspecified atom stereocenters. The molecule has 116 valence electrons. The van der Waals surface area contributed by atoms with E-state index >= 15 is 0 Å². The number of nitrogens with one attached hydrogen (secondary N) is 1. The summed E-state index contributed by atoms with van der Waals surface area (Å²) in [7, 11) is 0. The number of thioether (sulfide) groups is 1. The topological polar surface area (TPSA) is 50.2 Å². The van der Waals surface area contributed by atoms with Crippen molar-refractivity contribution in [1.82, 2.24) is 9.78 Å². The maximum absolute atomic E-state index is 12.2. The molecule has 0 bridgehead atoms. The maximum Gasteiger partial charge on any atom is 0.248 e. The highest BCUT2D eigenvalue weighted by atomic mass is 32.2. The van der Waals surface area contributed by atoms with Gasteiger partial charge in [0.25, 0.3) is 0 Å². The second kappa shape index (κ2) is 6.87. The molecule has 1 atom stereocenters. The molecule has 1 fully saturated rings. The fourth-order valence-corrected chi connectivity index (χ4v) is 3.36. The largest absolute Gasteiger partial charge is 0.370 e. The summed E-state index contributed by atoms with van der Waals surface area (Å²) in [5.74, 6) is 2.30. The number of carbonyl (C=O) groups is 1. The second-order valence-electron chi connectivity index (χ2n) is 5.30. The van der Waals surface area contributed by atoms with Gasteiger partial charge in [-0.1, -0.05) is 0 Å². The predicted octanol–water partition coefficient (Wildman–Crippen LogP) is 2.64. The smallest absolute Gasteiger partial charge is 0.248 e. The zero-order valence-corrected chi connectivity index (χ0v) is 13.4. The number of hydrogen-bond acceptors (Lipinski definition) is 4. The third-order valence-electron chi connectivity index (χ3n) is 3.81. The van der Waals surface area contributed by atoms with Crippen molar-refractivity contribution in [1.29, 1.82) is 0 Å². The zero-order valence-electron chi connectivity index (χ0n) is 12.6. The van der Waals surface area contributed by atoms with Crippen molar-refractivity contribution in [2.75, 3.05) is 34.8 Å². The molecule has 1 saturated heterocycles. The number of anilines is 2. The molecular weight excluding hydrogens is 296 g/mol. The number of aromatic nitrogens is 2. The van der Waals surface area contributed by atoms with Crippen molar-refractivity contribution in [3.8, 4) is 0 Å². The van der Waals surface area contributed by atoms with Gasteiger partial charge in [-0.15, -0.1) is 0 Å². The Morgan fingerprint density at radius 2 is 2.00 bits per heavy atom. The molecule has 3 rings (SSSR count). The van der Waals surface area contributed by atoms with E-state index in [9.17, 15) is 4.79 Å². The lowest BCUT2D eigenvalue weighted by molar-refractivity contribution is -0.119. The molecule has 0 radical (unpaired) electrons. The van der Waals surface area contributed by atoms with Crippen LogP contribution in [-0.2, 0) is 4.79 Å². The normalized spacial score (nSPS) is 16.3. The van der Waals surface area contributed by atoms with Crippen molar-refractivity contribution in [3.63, 3.8) is 0 Å². The summed E-state index contributed by atoms with van der Waals surface area (Å²) in [4.78, 5) is 14.6. The van der Waals surface area contributed by atoms with Gasteiger partial charge in [0.2, 0.25) is 5.91 Å². The summed E-state index contributed by atoms with van der Waals surface area (Å²) in [6.07, 6.45) is 3.47. The fourth-order valence-electron chi connectivity index (χ4n) is 2.45. The van der Waals surface area contributed by atoms with E-state index in [0.29, 0.717) is 0 Å². The van der Waals surface area contributed by atoms with Crippen molar-refractivity contribution >= 4 is 29.0 Å². The summed E-state index contributed by atoms with van der Waals surface area (Å²) in [5.41, 5.74) is 2.04. The Labute approximate surface area is 134 Å². The lowest BCUT2D eigenvalue weighted by Gasteiger charge is -2.28. The standard InChI is InChI=1S/C16H20N4OS/c1-13(20-8-2-7-17-20)16(21)18-14-3-5-15(6-4-14)19-9-11-22-12-10-19/h2-8,13H,9-12H2,1H3,(H,18,21)/t13-/m1/s1. The van der Waals surface area contributed by atoms with Crippen molar-refractivity contribution < 1.29 is 4.79 Å². The highest BCUT2D eigenvalue weighted by Gasteiger charge is 2.15. The molecule has 5 nitrogen and oxygen atoms in total. The van der Waals surface area contributed by atoms with E-state index in [4.69, 9.17) is 0 Å². The Bertz CT molecular complexity index is 606. The van der Waals surface area contributed by atoms with Gasteiger partial charge in [-0.25, -0.2) is 0 Å². The van der Waals surface area contributed by atoms with E-state index in [0.717, 1.165) is 18.8 Å². The van der Waals surface area contributed by atoms with Crippen LogP contribution >= 0.6 is 11.8 Å². The van der Waals surface area contributed by atoms with Crippen LogP contribution < -0.4 is 10.2 Å². The lowest BCUT2D eigenvalue weighted by atomic mass is 10.2. The number of nitrogens with zero attached hydrogens (tertiary/aromatic N) is 3. The molecule has 1 aromatic heterocycles. The van der Waals surface area contributed by atoms with Crippen LogP contribution in [0.15, 0.2) is 42.7 Å². The first kappa shape index (κ1) is 15.0. The van der Waals surface area contributed by atoms with Crippen LogP contribution in [0.1, 0.15) is 13.0 Å². The van der Waals surface area contributed by atoms with Gasteiger partial charge in [-0.2, -0.15) is 16.9 Å². The summed E-state index contributed by atoms with van der Waals surface area (Å²) in [6, 6.07) is 9.56. The first-order chi connectivity index (χ1) is 10.7. The minimum absolute atomic E-state index is 0.0641. The molecule has 0 spiro atoms. The van der Waals surface area contributed by atoms with Gasteiger partial charge >= 0.3 is 0 Å². The SMILES string of the molecule is C[C@H](C(=O)Nc1ccc(N2CCSCC2)cc1)n1cccn1. The van der Waals surface area contributed by atoms with Crippen LogP contribution in [-0.4, -0.2) is 40.3 Å². The van der Waals surface area contributed by atoms with Crippen LogP contribution in [0.2, 0.25) is 0 Å². The van der Waals surface area contributed by atoms with Crippen LogP contribution in [0.5, 0.6) is 0 Å². The Morgan fingerprint density at radius 3 is 2.64 bits per heavy atom. The zero-order chi connectivity index (χ0) is 15.4. The monoisotopic (exact) mass is 316 g/mol. The molecule has 1 N–H and O–H groups in total. The number of hydrogen-bond donors (Lipinski definition) is 1. The molecule has 1 aromatic carbocycles. The lowest BCUT2D eigenvalue weighted by Crippen LogP contribution is -2.32. The van der Waals surface area contributed by atoms with E-state index in [1.807, 2.05) is 36.9 Å². The van der Waals surface area contributed by atoms with Gasteiger partial charge in [-0.3, -0.25) is 9.48 Å². The van der Waals surface area contributed by atoms with Crippen LogP contribution in [0.25, 0.3) is 0 Å². The van der Waals surface area contributed by atoms with E-state index in [2.05, 4.69) is 27.4 Å². The minimum atomic E-state index is -0.325. The molecule has 6 heteroatoms. The maximum atomic E-state index is 12.2. The minimum Gasteiger partial charge on any atom is -0.370 e. The van der Waals surface area contributed by atoms with E-state index in [1.54, 1.807) is 17.1 Å². The third kappa shape index (κ3) is 3.44. The molecule has 2 aromatic rings. The van der Waals surface area contributed by atoms with Gasteiger partial charge in [0.05, 0.1) is 0 Å². The molecule has 1 aliphatic rings. The quantitative estimate of drug-likeness (QED) is 0.942. The second-order valence-corrected chi connectivity index (χ2v) is 6.52. The summed E-state index contributed by atoms with van der Waals surface area (Å²) in [6.45, 7) is 4.02. The first-order valence-corrected chi connectivity index (χ1v) is 8.62. The average Bonchev–Trinajstić information content (AvgIpc) is 3.10. The van der Waals surface area contributed by atoms with Crippen molar-refractivity contribution in [3.05, 3.63) is 42.7 Å². The molecule has 1 amide bonds. The Kier molecular flexibility index (Phi) is 4.68. The number of carbonyl (C=O) groups excluding carboxylic acids is 1. The fraction of sp³-hybridized carbons (Fsp3) is 0.375. The highest BCUT2D eigenvalue weighted by molar-refractivity contribution is 7.99. The van der Waals surface area contributed by atoms with Crippen LogP contribution in [0.3, 0.4) is 0 Å². The molecule has 0 saturated carbocycles. The highest BCUT2D eigenvalue weighted by Crippen LogP contribution is 2.22. The van der Waals surface area contributed by atoms with Gasteiger partial charge in [0.1, 0.15) is 6.04 Å². The summed E-state index contributed by atoms with van der Waals surface area (Å²) in [5, 5.41) is 7.04. The molecule has 1 aliphatic heterocycles.